The van der Waals surface area contributed by atoms with Gasteiger partial charge in [0.1, 0.15) is 24.4 Å². The standard InChI is InChI=1S/C23H28O10S2/c1-14-5-9-16(10-6-14)34(25,26)29-13-18(33-35(27,28)17-11-7-15(2)8-12-17)20-19(24)21-22(30-20)32-23(3,4)31-21/h5-12,18-22,24H,13H2,1-4H3/t18?,19-,20+,21+,22+/m0/s1. The molecular weight excluding hydrogens is 500 g/mol. The van der Waals surface area contributed by atoms with Crippen LogP contribution in [0.15, 0.2) is 58.3 Å². The molecule has 1 unspecified atom stereocenters. The van der Waals surface area contributed by atoms with Crippen LogP contribution in [0.1, 0.15) is 25.0 Å². The summed E-state index contributed by atoms with van der Waals surface area (Å²) >= 11 is 0. The topological polar surface area (TPSA) is 135 Å². The van der Waals surface area contributed by atoms with Crippen molar-refractivity contribution in [3.63, 3.8) is 0 Å². The molecule has 0 bridgehead atoms. The van der Waals surface area contributed by atoms with Crippen molar-refractivity contribution in [1.82, 2.24) is 0 Å². The molecule has 0 saturated carbocycles. The summed E-state index contributed by atoms with van der Waals surface area (Å²) in [6, 6.07) is 11.9. The lowest BCUT2D eigenvalue weighted by Crippen LogP contribution is -2.45. The Morgan fingerprint density at radius 1 is 0.886 bits per heavy atom. The van der Waals surface area contributed by atoms with Crippen LogP contribution in [0.25, 0.3) is 0 Å². The van der Waals surface area contributed by atoms with E-state index in [1.54, 1.807) is 52.0 Å². The van der Waals surface area contributed by atoms with E-state index in [1.807, 2.05) is 0 Å². The van der Waals surface area contributed by atoms with Gasteiger partial charge in [-0.1, -0.05) is 35.4 Å². The average Bonchev–Trinajstić information content (AvgIpc) is 3.24. The van der Waals surface area contributed by atoms with E-state index in [2.05, 4.69) is 0 Å². The van der Waals surface area contributed by atoms with Gasteiger partial charge in [0.15, 0.2) is 12.1 Å². The molecular formula is C23H28O10S2. The van der Waals surface area contributed by atoms with E-state index in [9.17, 15) is 21.9 Å². The number of fused-ring (bicyclic) bond motifs is 1. The van der Waals surface area contributed by atoms with Gasteiger partial charge >= 0.3 is 0 Å². The first-order valence-corrected chi connectivity index (χ1v) is 13.7. The summed E-state index contributed by atoms with van der Waals surface area (Å²) in [5, 5.41) is 10.8. The lowest BCUT2D eigenvalue weighted by molar-refractivity contribution is -0.225. The zero-order chi connectivity index (χ0) is 25.6. The number of aliphatic hydroxyl groups excluding tert-OH is 1. The van der Waals surface area contributed by atoms with Crippen LogP contribution in [0.5, 0.6) is 0 Å². The minimum Gasteiger partial charge on any atom is -0.387 e. The molecule has 0 aliphatic carbocycles. The fraction of sp³-hybridized carbons (Fsp3) is 0.478. The minimum atomic E-state index is -4.37. The molecule has 2 saturated heterocycles. The first kappa shape index (κ1) is 26.2. The molecule has 0 spiro atoms. The van der Waals surface area contributed by atoms with E-state index >= 15 is 0 Å². The van der Waals surface area contributed by atoms with Crippen molar-refractivity contribution < 1.29 is 44.5 Å². The third-order valence-corrected chi connectivity index (χ3v) is 8.32. The van der Waals surface area contributed by atoms with Crippen molar-refractivity contribution >= 4 is 20.2 Å². The average molecular weight is 529 g/mol. The summed E-state index contributed by atoms with van der Waals surface area (Å²) in [7, 11) is -8.63. The summed E-state index contributed by atoms with van der Waals surface area (Å²) in [4.78, 5) is -0.253. The number of aryl methyl sites for hydroxylation is 2. The Balaban J connectivity index is 1.58. The Hall–Kier alpha value is -1.90. The number of aliphatic hydroxyl groups is 1. The van der Waals surface area contributed by atoms with Crippen LogP contribution >= 0.6 is 0 Å². The van der Waals surface area contributed by atoms with Gasteiger partial charge in [-0.2, -0.15) is 16.8 Å². The molecule has 10 nitrogen and oxygen atoms in total. The first-order valence-electron chi connectivity index (χ1n) is 10.9. The molecule has 0 aromatic heterocycles. The van der Waals surface area contributed by atoms with Gasteiger partial charge in [-0.05, 0) is 52.0 Å². The van der Waals surface area contributed by atoms with Crippen LogP contribution in [-0.2, 0) is 42.8 Å². The van der Waals surface area contributed by atoms with Crippen molar-refractivity contribution in [3.8, 4) is 0 Å². The summed E-state index contributed by atoms with van der Waals surface area (Å²) in [6.07, 6.45) is -6.12. The fourth-order valence-corrected chi connectivity index (χ4v) is 5.84. The Morgan fingerprint density at radius 3 is 1.91 bits per heavy atom. The van der Waals surface area contributed by atoms with Crippen LogP contribution in [0.4, 0.5) is 0 Å². The van der Waals surface area contributed by atoms with E-state index in [1.165, 1.54) is 24.3 Å². The molecule has 2 fully saturated rings. The molecule has 12 heteroatoms. The number of hydrogen-bond donors (Lipinski definition) is 1. The van der Waals surface area contributed by atoms with Gasteiger partial charge in [0.2, 0.25) is 0 Å². The van der Waals surface area contributed by atoms with Gasteiger partial charge in [-0.15, -0.1) is 0 Å². The van der Waals surface area contributed by atoms with E-state index in [-0.39, 0.29) is 9.79 Å². The summed E-state index contributed by atoms with van der Waals surface area (Å²) in [5.74, 6) is -1.02. The highest BCUT2D eigenvalue weighted by Crippen LogP contribution is 2.39. The van der Waals surface area contributed by atoms with Gasteiger partial charge in [-0.25, -0.2) is 0 Å². The number of benzene rings is 2. The molecule has 2 aromatic carbocycles. The number of ether oxygens (including phenoxy) is 3. The lowest BCUT2D eigenvalue weighted by atomic mass is 10.1. The van der Waals surface area contributed by atoms with Crippen LogP contribution in [0, 0.1) is 13.8 Å². The van der Waals surface area contributed by atoms with Crippen LogP contribution in [0.2, 0.25) is 0 Å². The van der Waals surface area contributed by atoms with E-state index in [4.69, 9.17) is 22.6 Å². The Bertz CT molecular complexity index is 1250. The SMILES string of the molecule is Cc1ccc(S(=O)(=O)OCC(OS(=O)(=O)c2ccc(C)cc2)[C@H]2O[C@@H]3OC(C)(C)O[C@@H]3[C@H]2O)cc1. The second kappa shape index (κ2) is 9.52. The highest BCUT2D eigenvalue weighted by atomic mass is 32.2. The summed E-state index contributed by atoms with van der Waals surface area (Å²) < 4.78 is 78.9. The largest absolute Gasteiger partial charge is 0.387 e. The lowest BCUT2D eigenvalue weighted by Gasteiger charge is -2.28. The van der Waals surface area contributed by atoms with E-state index in [0.29, 0.717) is 0 Å². The molecule has 2 heterocycles. The number of hydrogen-bond acceptors (Lipinski definition) is 10. The highest BCUT2D eigenvalue weighted by molar-refractivity contribution is 7.87. The normalized spacial score (nSPS) is 27.0. The monoisotopic (exact) mass is 528 g/mol. The third-order valence-electron chi connectivity index (χ3n) is 5.68. The number of rotatable bonds is 8. The van der Waals surface area contributed by atoms with E-state index < -0.39 is 63.3 Å². The van der Waals surface area contributed by atoms with Gasteiger partial charge < -0.3 is 19.3 Å². The van der Waals surface area contributed by atoms with Crippen molar-refractivity contribution in [2.75, 3.05) is 6.61 Å². The molecule has 2 aliphatic heterocycles. The molecule has 5 atom stereocenters. The maximum atomic E-state index is 13.0. The van der Waals surface area contributed by atoms with Crippen molar-refractivity contribution in [2.24, 2.45) is 0 Å². The molecule has 1 N–H and O–H groups in total. The summed E-state index contributed by atoms with van der Waals surface area (Å²) in [6.45, 7) is 6.14. The Kier molecular flexibility index (Phi) is 7.12. The molecule has 35 heavy (non-hydrogen) atoms. The molecule has 2 aromatic rings. The quantitative estimate of drug-likeness (QED) is 0.507. The second-order valence-electron chi connectivity index (χ2n) is 9.01. The second-order valence-corrected chi connectivity index (χ2v) is 12.2. The smallest absolute Gasteiger partial charge is 0.297 e. The maximum absolute atomic E-state index is 13.0. The Morgan fingerprint density at radius 2 is 1.40 bits per heavy atom. The van der Waals surface area contributed by atoms with Crippen LogP contribution in [-0.4, -0.2) is 65.0 Å². The Labute approximate surface area is 205 Å². The van der Waals surface area contributed by atoms with Gasteiger partial charge in [-0.3, -0.25) is 8.37 Å². The molecule has 0 amide bonds. The molecule has 192 valence electrons. The minimum absolute atomic E-state index is 0.110. The van der Waals surface area contributed by atoms with Gasteiger partial charge in [0.25, 0.3) is 20.2 Å². The van der Waals surface area contributed by atoms with Gasteiger partial charge in [0.05, 0.1) is 16.4 Å². The van der Waals surface area contributed by atoms with Crippen molar-refractivity contribution in [2.45, 2.75) is 74.0 Å². The van der Waals surface area contributed by atoms with Crippen LogP contribution < -0.4 is 0 Å². The first-order chi connectivity index (χ1) is 16.3. The van der Waals surface area contributed by atoms with Crippen molar-refractivity contribution in [3.05, 3.63) is 59.7 Å². The highest BCUT2D eigenvalue weighted by Gasteiger charge is 2.57. The predicted molar refractivity (Wildman–Crippen MR) is 122 cm³/mol. The maximum Gasteiger partial charge on any atom is 0.297 e. The zero-order valence-electron chi connectivity index (χ0n) is 19.7. The zero-order valence-corrected chi connectivity index (χ0v) is 21.3. The molecule has 0 radical (unpaired) electrons. The summed E-state index contributed by atoms with van der Waals surface area (Å²) in [5.41, 5.74) is 1.69. The third kappa shape index (κ3) is 5.75. The van der Waals surface area contributed by atoms with Crippen molar-refractivity contribution in [1.29, 1.82) is 0 Å². The van der Waals surface area contributed by atoms with Gasteiger partial charge in [0, 0.05) is 0 Å². The fourth-order valence-electron chi connectivity index (χ4n) is 3.85. The molecule has 4 rings (SSSR count). The molecule has 2 aliphatic rings. The van der Waals surface area contributed by atoms with Crippen LogP contribution in [0.3, 0.4) is 0 Å². The van der Waals surface area contributed by atoms with E-state index in [0.717, 1.165) is 11.1 Å². The predicted octanol–water partition coefficient (Wildman–Crippen LogP) is 2.02.